The van der Waals surface area contributed by atoms with Crippen molar-refractivity contribution in [2.75, 3.05) is 42.4 Å². The molecule has 33 heavy (non-hydrogen) atoms. The van der Waals surface area contributed by atoms with Crippen LogP contribution in [0.3, 0.4) is 0 Å². The third-order valence-electron chi connectivity index (χ3n) is 6.07. The van der Waals surface area contributed by atoms with E-state index in [-0.39, 0.29) is 30.7 Å². The Hall–Kier alpha value is -3.26. The van der Waals surface area contributed by atoms with E-state index in [1.54, 1.807) is 23.1 Å². The number of carbonyl (C=O) groups is 3. The van der Waals surface area contributed by atoms with Crippen molar-refractivity contribution in [1.29, 1.82) is 0 Å². The molecule has 0 bridgehead atoms. The average Bonchev–Trinajstić information content (AvgIpc) is 3.39. The summed E-state index contributed by atoms with van der Waals surface area (Å²) in [6.45, 7) is 2.84. The number of rotatable bonds is 6. The van der Waals surface area contributed by atoms with Crippen LogP contribution in [0.2, 0.25) is 5.02 Å². The number of halogens is 1. The fourth-order valence-electron chi connectivity index (χ4n) is 4.35. The fourth-order valence-corrected chi connectivity index (χ4v) is 4.59. The Morgan fingerprint density at radius 1 is 1.03 bits per heavy atom. The first-order valence-electron chi connectivity index (χ1n) is 10.8. The largest absolute Gasteiger partial charge is 0.495 e. The molecule has 0 aromatic heterocycles. The number of benzene rings is 2. The summed E-state index contributed by atoms with van der Waals surface area (Å²) < 4.78 is 10.6. The molecule has 0 aliphatic carbocycles. The zero-order chi connectivity index (χ0) is 23.7. The number of aryl methyl sites for hydroxylation is 1. The van der Waals surface area contributed by atoms with Gasteiger partial charge in [0.1, 0.15) is 11.5 Å². The van der Waals surface area contributed by atoms with Crippen molar-refractivity contribution in [2.45, 2.75) is 26.2 Å². The van der Waals surface area contributed by atoms with Gasteiger partial charge in [0.25, 0.3) is 0 Å². The molecule has 174 valence electrons. The number of nitrogens with zero attached hydrogens (tertiary/aromatic N) is 2. The summed E-state index contributed by atoms with van der Waals surface area (Å²) in [5.41, 5.74) is 2.90. The van der Waals surface area contributed by atoms with Crippen LogP contribution in [0.25, 0.3) is 0 Å². The van der Waals surface area contributed by atoms with Gasteiger partial charge < -0.3 is 24.6 Å². The first-order valence-corrected chi connectivity index (χ1v) is 11.1. The fraction of sp³-hybridized carbons (Fsp3) is 0.375. The number of amides is 3. The van der Waals surface area contributed by atoms with E-state index in [2.05, 4.69) is 5.32 Å². The molecule has 0 saturated carbocycles. The maximum Gasteiger partial charge on any atom is 0.229 e. The highest BCUT2D eigenvalue weighted by atomic mass is 35.5. The van der Waals surface area contributed by atoms with Crippen LogP contribution >= 0.6 is 11.6 Å². The molecule has 0 spiro atoms. The van der Waals surface area contributed by atoms with Gasteiger partial charge in [-0.3, -0.25) is 14.4 Å². The van der Waals surface area contributed by atoms with Crippen LogP contribution in [0.5, 0.6) is 11.5 Å². The second-order valence-electron chi connectivity index (χ2n) is 8.20. The molecule has 3 amide bonds. The van der Waals surface area contributed by atoms with E-state index in [0.29, 0.717) is 40.9 Å². The minimum Gasteiger partial charge on any atom is -0.495 e. The Morgan fingerprint density at radius 2 is 1.79 bits per heavy atom. The van der Waals surface area contributed by atoms with Crippen molar-refractivity contribution in [1.82, 2.24) is 0 Å². The SMILES string of the molecule is COc1cc(OC)c(N2CC(C(=O)Nc3ccc(N4CCCC4=O)c(C)c3)CC2=O)cc1Cl. The van der Waals surface area contributed by atoms with Crippen molar-refractivity contribution >= 4 is 46.4 Å². The van der Waals surface area contributed by atoms with Gasteiger partial charge in [0, 0.05) is 43.4 Å². The van der Waals surface area contributed by atoms with Crippen LogP contribution in [0, 0.1) is 12.8 Å². The van der Waals surface area contributed by atoms with E-state index in [1.165, 1.54) is 19.1 Å². The third kappa shape index (κ3) is 4.48. The second kappa shape index (κ2) is 9.31. The summed E-state index contributed by atoms with van der Waals surface area (Å²) in [6.07, 6.45) is 1.50. The van der Waals surface area contributed by atoms with Gasteiger partial charge in [-0.2, -0.15) is 0 Å². The minimum absolute atomic E-state index is 0.0813. The van der Waals surface area contributed by atoms with Gasteiger partial charge in [-0.05, 0) is 43.2 Å². The van der Waals surface area contributed by atoms with Crippen LogP contribution in [0.15, 0.2) is 30.3 Å². The summed E-state index contributed by atoms with van der Waals surface area (Å²) in [6, 6.07) is 8.71. The van der Waals surface area contributed by atoms with Crippen LogP contribution in [-0.4, -0.2) is 45.0 Å². The molecular formula is C24H26ClN3O5. The summed E-state index contributed by atoms with van der Waals surface area (Å²) >= 11 is 6.25. The lowest BCUT2D eigenvalue weighted by molar-refractivity contribution is -0.122. The average molecular weight is 472 g/mol. The summed E-state index contributed by atoms with van der Waals surface area (Å²) in [5, 5.41) is 3.25. The van der Waals surface area contributed by atoms with Gasteiger partial charge in [0.2, 0.25) is 17.7 Å². The molecule has 1 unspecified atom stereocenters. The van der Waals surface area contributed by atoms with E-state index in [0.717, 1.165) is 17.7 Å². The molecule has 4 rings (SSSR count). The second-order valence-corrected chi connectivity index (χ2v) is 8.61. The number of ether oxygens (including phenoxy) is 2. The topological polar surface area (TPSA) is 88.2 Å². The van der Waals surface area contributed by atoms with Crippen LogP contribution in [0.1, 0.15) is 24.8 Å². The van der Waals surface area contributed by atoms with E-state index in [9.17, 15) is 14.4 Å². The number of nitrogens with one attached hydrogen (secondary N) is 1. The van der Waals surface area contributed by atoms with Crippen molar-refractivity contribution < 1.29 is 23.9 Å². The van der Waals surface area contributed by atoms with Crippen molar-refractivity contribution in [2.24, 2.45) is 5.92 Å². The Labute approximate surface area is 197 Å². The standard InChI is InChI=1S/C24H26ClN3O5/c1-14-9-16(6-7-18(14)27-8-4-5-22(27)29)26-24(31)15-10-23(30)28(13-15)19-11-17(25)20(32-2)12-21(19)33-3/h6-7,9,11-12,15H,4-5,8,10,13H2,1-3H3,(H,26,31). The van der Waals surface area contributed by atoms with Crippen LogP contribution in [0.4, 0.5) is 17.1 Å². The van der Waals surface area contributed by atoms with Crippen molar-refractivity contribution in [3.8, 4) is 11.5 Å². The smallest absolute Gasteiger partial charge is 0.229 e. The molecule has 9 heteroatoms. The quantitative estimate of drug-likeness (QED) is 0.692. The predicted molar refractivity (Wildman–Crippen MR) is 126 cm³/mol. The molecule has 2 aliphatic heterocycles. The van der Waals surface area contributed by atoms with Gasteiger partial charge in [0.05, 0.1) is 30.8 Å². The maximum absolute atomic E-state index is 12.9. The van der Waals surface area contributed by atoms with E-state index >= 15 is 0 Å². The number of hydrogen-bond acceptors (Lipinski definition) is 5. The summed E-state index contributed by atoms with van der Waals surface area (Å²) in [5.74, 6) is 0.0419. The monoisotopic (exact) mass is 471 g/mol. The van der Waals surface area contributed by atoms with Crippen molar-refractivity contribution in [3.63, 3.8) is 0 Å². The molecule has 8 nitrogen and oxygen atoms in total. The number of carbonyl (C=O) groups excluding carboxylic acids is 3. The highest BCUT2D eigenvalue weighted by Gasteiger charge is 2.37. The van der Waals surface area contributed by atoms with Crippen molar-refractivity contribution in [3.05, 3.63) is 40.9 Å². The molecule has 1 atom stereocenters. The van der Waals surface area contributed by atoms with Gasteiger partial charge in [-0.15, -0.1) is 0 Å². The third-order valence-corrected chi connectivity index (χ3v) is 6.36. The molecule has 0 radical (unpaired) electrons. The molecule has 2 saturated heterocycles. The molecule has 2 heterocycles. The number of hydrogen-bond donors (Lipinski definition) is 1. The van der Waals surface area contributed by atoms with E-state index < -0.39 is 5.92 Å². The highest BCUT2D eigenvalue weighted by molar-refractivity contribution is 6.32. The zero-order valence-electron chi connectivity index (χ0n) is 18.8. The maximum atomic E-state index is 12.9. The Kier molecular flexibility index (Phi) is 6.47. The summed E-state index contributed by atoms with van der Waals surface area (Å²) in [4.78, 5) is 41.0. The normalized spacial score (nSPS) is 18.1. The Balaban J connectivity index is 1.47. The van der Waals surface area contributed by atoms with Crippen LogP contribution in [-0.2, 0) is 14.4 Å². The molecule has 1 N–H and O–H groups in total. The Morgan fingerprint density at radius 3 is 2.42 bits per heavy atom. The van der Waals surface area contributed by atoms with Gasteiger partial charge in [-0.25, -0.2) is 0 Å². The Bertz CT molecular complexity index is 1120. The summed E-state index contributed by atoms with van der Waals surface area (Å²) in [7, 11) is 3.00. The first kappa shape index (κ1) is 22.9. The van der Waals surface area contributed by atoms with E-state index in [1.807, 2.05) is 19.1 Å². The van der Waals surface area contributed by atoms with E-state index in [4.69, 9.17) is 21.1 Å². The lowest BCUT2D eigenvalue weighted by Gasteiger charge is -2.21. The molecule has 2 aliphatic rings. The molecule has 2 aromatic carbocycles. The lowest BCUT2D eigenvalue weighted by atomic mass is 10.1. The van der Waals surface area contributed by atoms with Gasteiger partial charge in [0.15, 0.2) is 0 Å². The van der Waals surface area contributed by atoms with Gasteiger partial charge in [-0.1, -0.05) is 11.6 Å². The molecule has 2 fully saturated rings. The highest BCUT2D eigenvalue weighted by Crippen LogP contribution is 2.40. The molecular weight excluding hydrogens is 446 g/mol. The van der Waals surface area contributed by atoms with Gasteiger partial charge >= 0.3 is 0 Å². The van der Waals surface area contributed by atoms with Crippen LogP contribution < -0.4 is 24.6 Å². The lowest BCUT2D eigenvalue weighted by Crippen LogP contribution is -2.28. The predicted octanol–water partition coefficient (Wildman–Crippen LogP) is 3.78. The number of methoxy groups -OCH3 is 2. The molecule has 2 aromatic rings. The minimum atomic E-state index is -0.525. The number of anilines is 3. The zero-order valence-corrected chi connectivity index (χ0v) is 19.6. The first-order chi connectivity index (χ1) is 15.8.